The van der Waals surface area contributed by atoms with Crippen molar-refractivity contribution in [2.75, 3.05) is 0 Å². The third kappa shape index (κ3) is 2.87. The van der Waals surface area contributed by atoms with Crippen molar-refractivity contribution in [1.82, 2.24) is 4.98 Å². The Morgan fingerprint density at radius 2 is 1.33 bits per heavy atom. The molecule has 4 heteroatoms. The topological polar surface area (TPSA) is 32.9 Å². The molecular formula is C17H11Br2NO. The minimum Gasteiger partial charge on any atom is -0.360 e. The first-order valence-corrected chi connectivity index (χ1v) is 7.96. The van der Waals surface area contributed by atoms with E-state index in [0.29, 0.717) is 5.56 Å². The summed E-state index contributed by atoms with van der Waals surface area (Å²) in [6, 6.07) is 15.8. The van der Waals surface area contributed by atoms with Crippen LogP contribution in [0.25, 0.3) is 22.4 Å². The van der Waals surface area contributed by atoms with E-state index >= 15 is 0 Å². The molecule has 0 radical (unpaired) electrons. The van der Waals surface area contributed by atoms with E-state index in [1.165, 1.54) is 0 Å². The fourth-order valence-electron chi connectivity index (χ4n) is 2.28. The predicted molar refractivity (Wildman–Crippen MR) is 92.5 cm³/mol. The summed E-state index contributed by atoms with van der Waals surface area (Å²) < 4.78 is 2.03. The molecule has 1 heterocycles. The Bertz CT molecular complexity index is 711. The van der Waals surface area contributed by atoms with Crippen LogP contribution in [0.5, 0.6) is 0 Å². The number of hydrogen-bond acceptors (Lipinski definition) is 1. The van der Waals surface area contributed by atoms with E-state index in [0.717, 1.165) is 37.6 Å². The lowest BCUT2D eigenvalue weighted by Gasteiger charge is -2.03. The second-order valence-electron chi connectivity index (χ2n) is 4.62. The van der Waals surface area contributed by atoms with Crippen LogP contribution in [0.3, 0.4) is 0 Å². The SMILES string of the molecule is O=Cc1c(-c2ccc(Br)cc2)c[nH]c1-c1ccc(Br)cc1. The van der Waals surface area contributed by atoms with Crippen molar-refractivity contribution in [2.24, 2.45) is 0 Å². The zero-order valence-corrected chi connectivity index (χ0v) is 14.1. The van der Waals surface area contributed by atoms with Gasteiger partial charge >= 0.3 is 0 Å². The van der Waals surface area contributed by atoms with Crippen LogP contribution < -0.4 is 0 Å². The molecule has 2 aromatic carbocycles. The number of aldehydes is 1. The summed E-state index contributed by atoms with van der Waals surface area (Å²) in [5.41, 5.74) is 4.44. The minimum absolute atomic E-state index is 0.680. The molecule has 3 aromatic rings. The van der Waals surface area contributed by atoms with Gasteiger partial charge in [-0.15, -0.1) is 0 Å². The number of rotatable bonds is 3. The van der Waals surface area contributed by atoms with Gasteiger partial charge < -0.3 is 4.98 Å². The molecule has 0 aliphatic heterocycles. The van der Waals surface area contributed by atoms with Crippen molar-refractivity contribution < 1.29 is 4.79 Å². The molecule has 0 spiro atoms. The normalized spacial score (nSPS) is 10.6. The van der Waals surface area contributed by atoms with Gasteiger partial charge in [-0.1, -0.05) is 56.1 Å². The molecule has 0 aliphatic rings. The van der Waals surface area contributed by atoms with Crippen molar-refractivity contribution in [1.29, 1.82) is 0 Å². The first-order chi connectivity index (χ1) is 10.2. The quantitative estimate of drug-likeness (QED) is 0.559. The maximum atomic E-state index is 11.6. The molecule has 0 aliphatic carbocycles. The number of hydrogen-bond donors (Lipinski definition) is 1. The van der Waals surface area contributed by atoms with Crippen LogP contribution in [-0.4, -0.2) is 11.3 Å². The Labute approximate surface area is 139 Å². The number of carbonyl (C=O) groups excluding carboxylic acids is 1. The van der Waals surface area contributed by atoms with Gasteiger partial charge in [0.15, 0.2) is 6.29 Å². The smallest absolute Gasteiger partial charge is 0.152 e. The van der Waals surface area contributed by atoms with E-state index in [1.807, 2.05) is 54.7 Å². The third-order valence-electron chi connectivity index (χ3n) is 3.33. The van der Waals surface area contributed by atoms with E-state index < -0.39 is 0 Å². The van der Waals surface area contributed by atoms with Crippen molar-refractivity contribution in [3.8, 4) is 22.4 Å². The van der Waals surface area contributed by atoms with Gasteiger partial charge in [-0.3, -0.25) is 4.79 Å². The molecule has 104 valence electrons. The standard InChI is InChI=1S/C17H11Br2NO/c18-13-5-1-11(2-6-13)15-9-20-17(16(15)10-21)12-3-7-14(19)8-4-12/h1-10,20H. The van der Waals surface area contributed by atoms with Crippen molar-refractivity contribution >= 4 is 38.1 Å². The fourth-order valence-corrected chi connectivity index (χ4v) is 2.81. The van der Waals surface area contributed by atoms with E-state index in [4.69, 9.17) is 0 Å². The lowest BCUT2D eigenvalue weighted by molar-refractivity contribution is 0.112. The fraction of sp³-hybridized carbons (Fsp3) is 0. The molecule has 0 atom stereocenters. The maximum Gasteiger partial charge on any atom is 0.152 e. The van der Waals surface area contributed by atoms with Gasteiger partial charge in [-0.25, -0.2) is 0 Å². The summed E-state index contributed by atoms with van der Waals surface area (Å²) in [6.45, 7) is 0. The Balaban J connectivity index is 2.10. The zero-order chi connectivity index (χ0) is 14.8. The van der Waals surface area contributed by atoms with Crippen molar-refractivity contribution in [2.45, 2.75) is 0 Å². The number of aromatic amines is 1. The van der Waals surface area contributed by atoms with Crippen LogP contribution in [0.4, 0.5) is 0 Å². The second kappa shape index (κ2) is 6.00. The largest absolute Gasteiger partial charge is 0.360 e. The minimum atomic E-state index is 0.680. The zero-order valence-electron chi connectivity index (χ0n) is 10.9. The van der Waals surface area contributed by atoms with E-state index in [9.17, 15) is 4.79 Å². The highest BCUT2D eigenvalue weighted by Crippen LogP contribution is 2.32. The number of aromatic nitrogens is 1. The highest BCUT2D eigenvalue weighted by atomic mass is 79.9. The van der Waals surface area contributed by atoms with Crippen molar-refractivity contribution in [3.63, 3.8) is 0 Å². The van der Waals surface area contributed by atoms with Gasteiger partial charge in [0.2, 0.25) is 0 Å². The van der Waals surface area contributed by atoms with Gasteiger partial charge in [0.1, 0.15) is 0 Å². The Morgan fingerprint density at radius 3 is 1.86 bits per heavy atom. The van der Waals surface area contributed by atoms with E-state index in [2.05, 4.69) is 36.8 Å². The number of nitrogens with one attached hydrogen (secondary N) is 1. The predicted octanol–water partition coefficient (Wildman–Crippen LogP) is 5.69. The molecular weight excluding hydrogens is 394 g/mol. The lowest BCUT2D eigenvalue weighted by atomic mass is 10.0. The summed E-state index contributed by atoms with van der Waals surface area (Å²) in [6.07, 6.45) is 2.79. The number of carbonyl (C=O) groups is 1. The highest BCUT2D eigenvalue weighted by molar-refractivity contribution is 9.10. The average Bonchev–Trinajstić information content (AvgIpc) is 2.92. The third-order valence-corrected chi connectivity index (χ3v) is 4.38. The summed E-state index contributed by atoms with van der Waals surface area (Å²) in [5, 5.41) is 0. The number of halogens is 2. The van der Waals surface area contributed by atoms with Crippen LogP contribution in [0.1, 0.15) is 10.4 Å². The molecule has 0 amide bonds. The van der Waals surface area contributed by atoms with Gasteiger partial charge in [0, 0.05) is 26.3 Å². The van der Waals surface area contributed by atoms with Crippen LogP contribution in [-0.2, 0) is 0 Å². The van der Waals surface area contributed by atoms with E-state index in [1.54, 1.807) is 0 Å². The Kier molecular flexibility index (Phi) is 4.08. The molecule has 1 N–H and O–H groups in total. The van der Waals surface area contributed by atoms with Gasteiger partial charge in [-0.2, -0.15) is 0 Å². The molecule has 2 nitrogen and oxygen atoms in total. The van der Waals surface area contributed by atoms with Crippen molar-refractivity contribution in [3.05, 3.63) is 69.2 Å². The second-order valence-corrected chi connectivity index (χ2v) is 6.45. The molecule has 0 unspecified atom stereocenters. The highest BCUT2D eigenvalue weighted by Gasteiger charge is 2.13. The molecule has 0 bridgehead atoms. The number of benzene rings is 2. The van der Waals surface area contributed by atoms with Crippen LogP contribution in [0.15, 0.2) is 63.7 Å². The summed E-state index contributed by atoms with van der Waals surface area (Å²) in [4.78, 5) is 14.8. The first kappa shape index (κ1) is 14.3. The molecule has 3 rings (SSSR count). The summed E-state index contributed by atoms with van der Waals surface area (Å²) >= 11 is 6.84. The summed E-state index contributed by atoms with van der Waals surface area (Å²) in [7, 11) is 0. The number of H-pyrrole nitrogens is 1. The van der Waals surface area contributed by atoms with Gasteiger partial charge in [0.05, 0.1) is 5.69 Å². The Morgan fingerprint density at radius 1 is 0.810 bits per heavy atom. The molecule has 0 saturated carbocycles. The van der Waals surface area contributed by atoms with E-state index in [-0.39, 0.29) is 0 Å². The molecule has 21 heavy (non-hydrogen) atoms. The maximum absolute atomic E-state index is 11.6. The van der Waals surface area contributed by atoms with Crippen LogP contribution >= 0.6 is 31.9 Å². The van der Waals surface area contributed by atoms with Crippen LogP contribution in [0.2, 0.25) is 0 Å². The lowest BCUT2D eigenvalue weighted by Crippen LogP contribution is -1.87. The first-order valence-electron chi connectivity index (χ1n) is 6.37. The molecule has 0 saturated heterocycles. The summed E-state index contributed by atoms with van der Waals surface area (Å²) in [5.74, 6) is 0. The monoisotopic (exact) mass is 403 g/mol. The van der Waals surface area contributed by atoms with Crippen LogP contribution in [0, 0.1) is 0 Å². The molecule has 0 fully saturated rings. The average molecular weight is 405 g/mol. The van der Waals surface area contributed by atoms with Gasteiger partial charge in [0.25, 0.3) is 0 Å². The Hall–Kier alpha value is -1.65. The van der Waals surface area contributed by atoms with Gasteiger partial charge in [-0.05, 0) is 35.4 Å². The molecule has 1 aromatic heterocycles.